The fourth-order valence-corrected chi connectivity index (χ4v) is 1.95. The van der Waals surface area contributed by atoms with Crippen molar-refractivity contribution in [3.8, 4) is 0 Å². The molecule has 1 amide bonds. The number of benzene rings is 1. The summed E-state index contributed by atoms with van der Waals surface area (Å²) in [6.07, 6.45) is 2.55. The van der Waals surface area contributed by atoms with Gasteiger partial charge in [0.25, 0.3) is 5.91 Å². The van der Waals surface area contributed by atoms with Crippen molar-refractivity contribution in [2.45, 2.75) is 13.3 Å². The molecule has 0 aliphatic carbocycles. The Bertz CT molecular complexity index is 649. The largest absolute Gasteiger partial charge is 0.385 e. The maximum absolute atomic E-state index is 13.4. The van der Waals surface area contributed by atoms with Crippen LogP contribution < -0.4 is 10.6 Å². The van der Waals surface area contributed by atoms with E-state index in [2.05, 4.69) is 38.5 Å². The fraction of sp³-hybridized carbons (Fsp3) is 0.200. The number of rotatable bonds is 5. The van der Waals surface area contributed by atoms with E-state index in [9.17, 15) is 9.18 Å². The number of nitrogens with zero attached hydrogens (tertiary/aromatic N) is 1. The van der Waals surface area contributed by atoms with E-state index in [1.54, 1.807) is 24.4 Å². The van der Waals surface area contributed by atoms with Crippen LogP contribution in [0, 0.1) is 5.82 Å². The zero-order valence-electron chi connectivity index (χ0n) is 11.5. The standard InChI is InChI=1S/C15H15BrFN3O/c1-2-6-18-10-5-7-19-14(9-10)15(21)20-11-3-4-12(16)13(17)8-11/h3-5,7-9H,2,6H2,1H3,(H,18,19)(H,20,21). The lowest BCUT2D eigenvalue weighted by molar-refractivity contribution is 0.102. The van der Waals surface area contributed by atoms with Gasteiger partial charge in [0, 0.05) is 24.1 Å². The van der Waals surface area contributed by atoms with Gasteiger partial charge in [-0.2, -0.15) is 0 Å². The van der Waals surface area contributed by atoms with E-state index in [-0.39, 0.29) is 11.6 Å². The molecule has 0 atom stereocenters. The van der Waals surface area contributed by atoms with Gasteiger partial charge in [-0.3, -0.25) is 9.78 Å². The Balaban J connectivity index is 2.10. The molecule has 1 aromatic carbocycles. The summed E-state index contributed by atoms with van der Waals surface area (Å²) in [5, 5.41) is 5.80. The van der Waals surface area contributed by atoms with Gasteiger partial charge in [-0.05, 0) is 52.7 Å². The Kier molecular flexibility index (Phi) is 5.27. The van der Waals surface area contributed by atoms with Crippen molar-refractivity contribution >= 4 is 33.2 Å². The van der Waals surface area contributed by atoms with E-state index < -0.39 is 5.82 Å². The number of nitrogens with one attached hydrogen (secondary N) is 2. The van der Waals surface area contributed by atoms with Crippen LogP contribution >= 0.6 is 15.9 Å². The molecule has 0 saturated carbocycles. The normalized spacial score (nSPS) is 10.2. The molecule has 0 radical (unpaired) electrons. The van der Waals surface area contributed by atoms with Gasteiger partial charge in [0.05, 0.1) is 4.47 Å². The number of hydrogen-bond acceptors (Lipinski definition) is 3. The first-order valence-electron chi connectivity index (χ1n) is 6.56. The van der Waals surface area contributed by atoms with E-state index in [1.165, 1.54) is 12.1 Å². The summed E-state index contributed by atoms with van der Waals surface area (Å²) in [6, 6.07) is 7.87. The zero-order valence-corrected chi connectivity index (χ0v) is 13.1. The molecular formula is C15H15BrFN3O. The van der Waals surface area contributed by atoms with Crippen LogP contribution in [0.5, 0.6) is 0 Å². The average Bonchev–Trinajstić information content (AvgIpc) is 2.49. The Morgan fingerprint density at radius 1 is 1.29 bits per heavy atom. The molecule has 0 bridgehead atoms. The van der Waals surface area contributed by atoms with Crippen LogP contribution in [0.2, 0.25) is 0 Å². The molecule has 2 N–H and O–H groups in total. The van der Waals surface area contributed by atoms with Gasteiger partial charge in [-0.1, -0.05) is 6.92 Å². The zero-order chi connectivity index (χ0) is 15.2. The number of aromatic nitrogens is 1. The number of anilines is 2. The van der Waals surface area contributed by atoms with Crippen LogP contribution in [0.4, 0.5) is 15.8 Å². The number of carbonyl (C=O) groups is 1. The summed E-state index contributed by atoms with van der Waals surface area (Å²) in [7, 11) is 0. The molecule has 21 heavy (non-hydrogen) atoms. The third-order valence-corrected chi connectivity index (χ3v) is 3.39. The lowest BCUT2D eigenvalue weighted by Gasteiger charge is -2.08. The summed E-state index contributed by atoms with van der Waals surface area (Å²) in [6.45, 7) is 2.88. The van der Waals surface area contributed by atoms with Gasteiger partial charge in [-0.15, -0.1) is 0 Å². The number of hydrogen-bond donors (Lipinski definition) is 2. The van der Waals surface area contributed by atoms with Crippen LogP contribution in [0.25, 0.3) is 0 Å². The van der Waals surface area contributed by atoms with Gasteiger partial charge in [0.1, 0.15) is 11.5 Å². The monoisotopic (exact) mass is 351 g/mol. The molecule has 2 rings (SSSR count). The molecule has 0 aliphatic heterocycles. The molecule has 110 valence electrons. The van der Waals surface area contributed by atoms with E-state index in [0.29, 0.717) is 10.2 Å². The minimum atomic E-state index is -0.431. The summed E-state index contributed by atoms with van der Waals surface area (Å²) in [5.74, 6) is -0.809. The Hall–Kier alpha value is -1.95. The van der Waals surface area contributed by atoms with Gasteiger partial charge < -0.3 is 10.6 Å². The molecule has 0 fully saturated rings. The van der Waals surface area contributed by atoms with Crippen LogP contribution in [-0.4, -0.2) is 17.4 Å². The maximum Gasteiger partial charge on any atom is 0.274 e. The highest BCUT2D eigenvalue weighted by Crippen LogP contribution is 2.20. The van der Waals surface area contributed by atoms with E-state index >= 15 is 0 Å². The molecule has 2 aromatic rings. The van der Waals surface area contributed by atoms with Crippen LogP contribution in [-0.2, 0) is 0 Å². The lowest BCUT2D eigenvalue weighted by Crippen LogP contribution is -2.14. The first kappa shape index (κ1) is 15.4. The molecular weight excluding hydrogens is 337 g/mol. The Morgan fingerprint density at radius 3 is 2.81 bits per heavy atom. The van der Waals surface area contributed by atoms with Crippen LogP contribution in [0.15, 0.2) is 41.0 Å². The molecule has 0 aliphatic rings. The second-order valence-corrected chi connectivity index (χ2v) is 5.29. The molecule has 0 saturated heterocycles. The number of carbonyl (C=O) groups excluding carboxylic acids is 1. The minimum absolute atomic E-state index is 0.277. The summed E-state index contributed by atoms with van der Waals surface area (Å²) in [5.41, 5.74) is 1.49. The number of amides is 1. The van der Waals surface area contributed by atoms with Crippen molar-refractivity contribution in [3.05, 3.63) is 52.5 Å². The third-order valence-electron chi connectivity index (χ3n) is 2.75. The average molecular weight is 352 g/mol. The second-order valence-electron chi connectivity index (χ2n) is 4.44. The topological polar surface area (TPSA) is 54.0 Å². The van der Waals surface area contributed by atoms with Crippen LogP contribution in [0.3, 0.4) is 0 Å². The fourth-order valence-electron chi connectivity index (χ4n) is 1.70. The van der Waals surface area contributed by atoms with Gasteiger partial charge in [0.15, 0.2) is 0 Å². The summed E-state index contributed by atoms with van der Waals surface area (Å²) < 4.78 is 13.8. The van der Waals surface area contributed by atoms with Gasteiger partial charge >= 0.3 is 0 Å². The summed E-state index contributed by atoms with van der Waals surface area (Å²) in [4.78, 5) is 16.1. The van der Waals surface area contributed by atoms with Gasteiger partial charge in [0.2, 0.25) is 0 Å². The molecule has 4 nitrogen and oxygen atoms in total. The third kappa shape index (κ3) is 4.26. The van der Waals surface area contributed by atoms with Crippen molar-refractivity contribution in [1.29, 1.82) is 0 Å². The predicted molar refractivity (Wildman–Crippen MR) is 85.1 cm³/mol. The van der Waals surface area contributed by atoms with Crippen LogP contribution in [0.1, 0.15) is 23.8 Å². The van der Waals surface area contributed by atoms with Crippen molar-refractivity contribution in [3.63, 3.8) is 0 Å². The minimum Gasteiger partial charge on any atom is -0.385 e. The summed E-state index contributed by atoms with van der Waals surface area (Å²) >= 11 is 3.07. The van der Waals surface area contributed by atoms with E-state index in [1.807, 2.05) is 0 Å². The Morgan fingerprint density at radius 2 is 2.10 bits per heavy atom. The first-order chi connectivity index (χ1) is 10.1. The lowest BCUT2D eigenvalue weighted by atomic mass is 10.2. The first-order valence-corrected chi connectivity index (χ1v) is 7.35. The highest BCUT2D eigenvalue weighted by atomic mass is 79.9. The molecule has 1 aromatic heterocycles. The quantitative estimate of drug-likeness (QED) is 0.853. The number of halogens is 2. The van der Waals surface area contributed by atoms with Crippen molar-refractivity contribution < 1.29 is 9.18 Å². The highest BCUT2D eigenvalue weighted by molar-refractivity contribution is 9.10. The van der Waals surface area contributed by atoms with E-state index in [4.69, 9.17) is 0 Å². The van der Waals surface area contributed by atoms with Gasteiger partial charge in [-0.25, -0.2) is 4.39 Å². The molecule has 0 unspecified atom stereocenters. The van der Waals surface area contributed by atoms with Crippen molar-refractivity contribution in [1.82, 2.24) is 4.98 Å². The second kappa shape index (κ2) is 7.17. The predicted octanol–water partition coefficient (Wildman–Crippen LogP) is 4.06. The number of pyridine rings is 1. The smallest absolute Gasteiger partial charge is 0.274 e. The van der Waals surface area contributed by atoms with E-state index in [0.717, 1.165) is 18.7 Å². The van der Waals surface area contributed by atoms with Crippen molar-refractivity contribution in [2.24, 2.45) is 0 Å². The molecule has 6 heteroatoms. The maximum atomic E-state index is 13.4. The highest BCUT2D eigenvalue weighted by Gasteiger charge is 2.09. The molecule has 1 heterocycles. The SMILES string of the molecule is CCCNc1ccnc(C(=O)Nc2ccc(Br)c(F)c2)c1. The van der Waals surface area contributed by atoms with Crippen molar-refractivity contribution in [2.75, 3.05) is 17.2 Å². The Labute approximate surface area is 130 Å². The molecule has 0 spiro atoms.